The first kappa shape index (κ1) is 14.5. The molecular weight excluding hydrogens is 312 g/mol. The van der Waals surface area contributed by atoms with E-state index in [1.807, 2.05) is 0 Å². The summed E-state index contributed by atoms with van der Waals surface area (Å²) in [5.41, 5.74) is 0.604. The van der Waals surface area contributed by atoms with Crippen molar-refractivity contribution in [3.8, 4) is 0 Å². The van der Waals surface area contributed by atoms with Crippen LogP contribution in [-0.4, -0.2) is 53.6 Å². The molecule has 1 aromatic heterocycles. The number of ether oxygens (including phenoxy) is 1. The molecule has 1 saturated heterocycles. The highest BCUT2D eigenvalue weighted by atomic mass is 79.9. The molecule has 2 rings (SSSR count). The van der Waals surface area contributed by atoms with Crippen molar-refractivity contribution in [2.24, 2.45) is 7.05 Å². The van der Waals surface area contributed by atoms with Crippen LogP contribution < -0.4 is 10.9 Å². The van der Waals surface area contributed by atoms with Crippen molar-refractivity contribution in [2.75, 3.05) is 38.2 Å². The Kier molecular flexibility index (Phi) is 4.95. The standard InChI is InChI=1S/C12H19BrN4O2/c1-9(17-3-5-19-6-4-17)7-14-10-8-15-16(2)12(18)11(10)13/h8-9,14H,3-7H2,1-2H3. The highest BCUT2D eigenvalue weighted by molar-refractivity contribution is 9.10. The maximum Gasteiger partial charge on any atom is 0.282 e. The Labute approximate surface area is 120 Å². The predicted octanol–water partition coefficient (Wildman–Crippen LogP) is 0.675. The van der Waals surface area contributed by atoms with Crippen LogP contribution in [0.3, 0.4) is 0 Å². The van der Waals surface area contributed by atoms with E-state index in [0.717, 1.165) is 38.5 Å². The molecule has 0 aromatic carbocycles. The smallest absolute Gasteiger partial charge is 0.282 e. The van der Waals surface area contributed by atoms with Gasteiger partial charge in [-0.2, -0.15) is 5.10 Å². The largest absolute Gasteiger partial charge is 0.381 e. The number of morpholine rings is 1. The third-order valence-electron chi connectivity index (χ3n) is 3.34. The summed E-state index contributed by atoms with van der Waals surface area (Å²) >= 11 is 3.31. The second-order valence-electron chi connectivity index (χ2n) is 4.68. The lowest BCUT2D eigenvalue weighted by Gasteiger charge is -2.32. The molecule has 19 heavy (non-hydrogen) atoms. The summed E-state index contributed by atoms with van der Waals surface area (Å²) in [6.07, 6.45) is 1.66. The van der Waals surface area contributed by atoms with E-state index < -0.39 is 0 Å². The Morgan fingerprint density at radius 1 is 1.53 bits per heavy atom. The molecule has 2 heterocycles. The highest BCUT2D eigenvalue weighted by Gasteiger charge is 2.17. The first-order valence-electron chi connectivity index (χ1n) is 6.37. The van der Waals surface area contributed by atoms with Crippen molar-refractivity contribution in [2.45, 2.75) is 13.0 Å². The van der Waals surface area contributed by atoms with E-state index in [0.29, 0.717) is 10.5 Å². The molecule has 1 aromatic rings. The molecule has 0 radical (unpaired) electrons. The van der Waals surface area contributed by atoms with Gasteiger partial charge in [0.2, 0.25) is 0 Å². The minimum atomic E-state index is -0.135. The number of halogens is 1. The number of aryl methyl sites for hydroxylation is 1. The minimum Gasteiger partial charge on any atom is -0.381 e. The van der Waals surface area contributed by atoms with Crippen LogP contribution >= 0.6 is 15.9 Å². The van der Waals surface area contributed by atoms with E-state index in [-0.39, 0.29) is 5.56 Å². The summed E-state index contributed by atoms with van der Waals surface area (Å²) < 4.78 is 7.17. The molecule has 0 bridgehead atoms. The zero-order valence-electron chi connectivity index (χ0n) is 11.2. The number of rotatable bonds is 4. The van der Waals surface area contributed by atoms with Crippen molar-refractivity contribution >= 4 is 21.6 Å². The average molecular weight is 331 g/mol. The maximum absolute atomic E-state index is 11.7. The summed E-state index contributed by atoms with van der Waals surface area (Å²) in [7, 11) is 1.63. The number of nitrogens with one attached hydrogen (secondary N) is 1. The Hall–Kier alpha value is -0.920. The van der Waals surface area contributed by atoms with Gasteiger partial charge in [-0.25, -0.2) is 4.68 Å². The topological polar surface area (TPSA) is 59.4 Å². The summed E-state index contributed by atoms with van der Waals surface area (Å²) in [6, 6.07) is 0.389. The van der Waals surface area contributed by atoms with Gasteiger partial charge in [0.25, 0.3) is 5.56 Å². The molecule has 1 fully saturated rings. The van der Waals surface area contributed by atoms with Gasteiger partial charge in [-0.1, -0.05) is 0 Å². The number of nitrogens with zero attached hydrogens (tertiary/aromatic N) is 3. The predicted molar refractivity (Wildman–Crippen MR) is 77.5 cm³/mol. The fourth-order valence-electron chi connectivity index (χ4n) is 2.04. The van der Waals surface area contributed by atoms with E-state index in [1.165, 1.54) is 4.68 Å². The van der Waals surface area contributed by atoms with Gasteiger partial charge in [-0.3, -0.25) is 9.69 Å². The number of hydrogen-bond acceptors (Lipinski definition) is 5. The molecule has 0 saturated carbocycles. The van der Waals surface area contributed by atoms with Gasteiger partial charge in [0.1, 0.15) is 4.47 Å². The lowest BCUT2D eigenvalue weighted by atomic mass is 10.2. The fourth-order valence-corrected chi connectivity index (χ4v) is 2.54. The minimum absolute atomic E-state index is 0.135. The van der Waals surface area contributed by atoms with Crippen molar-refractivity contribution < 1.29 is 4.74 Å². The van der Waals surface area contributed by atoms with Gasteiger partial charge in [-0.05, 0) is 22.9 Å². The summed E-state index contributed by atoms with van der Waals surface area (Å²) in [6.45, 7) is 6.44. The van der Waals surface area contributed by atoms with E-state index in [2.05, 4.69) is 38.2 Å². The number of aromatic nitrogens is 2. The fraction of sp³-hybridized carbons (Fsp3) is 0.667. The van der Waals surface area contributed by atoms with Gasteiger partial charge >= 0.3 is 0 Å². The molecule has 6 nitrogen and oxygen atoms in total. The van der Waals surface area contributed by atoms with Gasteiger partial charge in [0, 0.05) is 32.7 Å². The molecule has 1 N–H and O–H groups in total. The average Bonchev–Trinajstić information content (AvgIpc) is 2.45. The molecule has 0 amide bonds. The molecular formula is C12H19BrN4O2. The quantitative estimate of drug-likeness (QED) is 0.879. The van der Waals surface area contributed by atoms with Crippen LogP contribution in [0.25, 0.3) is 0 Å². The van der Waals surface area contributed by atoms with Crippen LogP contribution in [-0.2, 0) is 11.8 Å². The third-order valence-corrected chi connectivity index (χ3v) is 4.10. The van der Waals surface area contributed by atoms with Gasteiger partial charge in [0.05, 0.1) is 25.1 Å². The Balaban J connectivity index is 1.95. The van der Waals surface area contributed by atoms with E-state index in [9.17, 15) is 4.79 Å². The molecule has 1 atom stereocenters. The normalized spacial score (nSPS) is 18.3. The monoisotopic (exact) mass is 330 g/mol. The summed E-state index contributed by atoms with van der Waals surface area (Å²) in [4.78, 5) is 14.1. The molecule has 1 unspecified atom stereocenters. The molecule has 0 aliphatic carbocycles. The van der Waals surface area contributed by atoms with Crippen molar-refractivity contribution in [3.05, 3.63) is 21.0 Å². The first-order chi connectivity index (χ1) is 9.09. The second-order valence-corrected chi connectivity index (χ2v) is 5.47. The number of anilines is 1. The van der Waals surface area contributed by atoms with Crippen LogP contribution in [0.4, 0.5) is 5.69 Å². The van der Waals surface area contributed by atoms with Crippen molar-refractivity contribution in [1.82, 2.24) is 14.7 Å². The summed E-state index contributed by atoms with van der Waals surface area (Å²) in [5, 5.41) is 7.28. The molecule has 7 heteroatoms. The van der Waals surface area contributed by atoms with Gasteiger partial charge < -0.3 is 10.1 Å². The molecule has 0 spiro atoms. The van der Waals surface area contributed by atoms with Crippen LogP contribution in [0.5, 0.6) is 0 Å². The third kappa shape index (κ3) is 3.55. The van der Waals surface area contributed by atoms with E-state index in [4.69, 9.17) is 4.74 Å². The lowest BCUT2D eigenvalue weighted by molar-refractivity contribution is 0.0227. The number of hydrogen-bond donors (Lipinski definition) is 1. The van der Waals surface area contributed by atoms with Crippen LogP contribution in [0.15, 0.2) is 15.5 Å². The van der Waals surface area contributed by atoms with Crippen molar-refractivity contribution in [1.29, 1.82) is 0 Å². The van der Waals surface area contributed by atoms with Crippen molar-refractivity contribution in [3.63, 3.8) is 0 Å². The van der Waals surface area contributed by atoms with Crippen LogP contribution in [0.2, 0.25) is 0 Å². The van der Waals surface area contributed by atoms with Gasteiger partial charge in [-0.15, -0.1) is 0 Å². The van der Waals surface area contributed by atoms with E-state index in [1.54, 1.807) is 13.2 Å². The van der Waals surface area contributed by atoms with Crippen LogP contribution in [0.1, 0.15) is 6.92 Å². The SMILES string of the molecule is CC(CNc1cnn(C)c(=O)c1Br)N1CCOCC1. The maximum atomic E-state index is 11.7. The van der Waals surface area contributed by atoms with Gasteiger partial charge in [0.15, 0.2) is 0 Å². The molecule has 1 aliphatic rings. The first-order valence-corrected chi connectivity index (χ1v) is 7.16. The molecule has 106 valence electrons. The second kappa shape index (κ2) is 6.49. The molecule has 1 aliphatic heterocycles. The van der Waals surface area contributed by atoms with E-state index >= 15 is 0 Å². The zero-order chi connectivity index (χ0) is 13.8. The lowest BCUT2D eigenvalue weighted by Crippen LogP contribution is -2.45. The Morgan fingerprint density at radius 2 is 2.21 bits per heavy atom. The van der Waals surface area contributed by atoms with Crippen LogP contribution in [0, 0.1) is 0 Å². The highest BCUT2D eigenvalue weighted by Crippen LogP contribution is 2.16. The Morgan fingerprint density at radius 3 is 2.89 bits per heavy atom. The summed E-state index contributed by atoms with van der Waals surface area (Å²) in [5.74, 6) is 0. The Bertz CT molecular complexity index is 485. The zero-order valence-corrected chi connectivity index (χ0v) is 12.8.